The van der Waals surface area contributed by atoms with Gasteiger partial charge in [0.1, 0.15) is 6.17 Å². The summed E-state index contributed by atoms with van der Waals surface area (Å²) in [7, 11) is 0. The summed E-state index contributed by atoms with van der Waals surface area (Å²) in [5.74, 6) is -1.10. The van der Waals surface area contributed by atoms with Crippen LogP contribution in [-0.2, 0) is 11.2 Å². The van der Waals surface area contributed by atoms with Crippen LogP contribution in [0.25, 0.3) is 0 Å². The van der Waals surface area contributed by atoms with Crippen molar-refractivity contribution in [3.05, 3.63) is 48.0 Å². The average Bonchev–Trinajstić information content (AvgIpc) is 3.23. The molecule has 0 spiro atoms. The summed E-state index contributed by atoms with van der Waals surface area (Å²) < 4.78 is 0.581. The number of amides is 2. The Morgan fingerprint density at radius 1 is 1.19 bits per heavy atom. The number of hydrogen-bond acceptors (Lipinski definition) is 6. The molecule has 1 aliphatic heterocycles. The van der Waals surface area contributed by atoms with Gasteiger partial charge in [-0.1, -0.05) is 30.3 Å². The molecular formula is C18H22N4O5. The highest BCUT2D eigenvalue weighted by molar-refractivity contribution is 5.83. The van der Waals surface area contributed by atoms with Gasteiger partial charge in [-0.2, -0.15) is 0 Å². The highest BCUT2D eigenvalue weighted by Gasteiger charge is 2.33. The molecule has 2 amide bonds. The molecule has 2 aromatic rings. The zero-order valence-corrected chi connectivity index (χ0v) is 14.6. The fourth-order valence-corrected chi connectivity index (χ4v) is 3.09. The monoisotopic (exact) mass is 374 g/mol. The second kappa shape index (κ2) is 8.00. The van der Waals surface area contributed by atoms with Gasteiger partial charge in [0.05, 0.1) is 6.04 Å². The van der Waals surface area contributed by atoms with Crippen molar-refractivity contribution in [1.29, 1.82) is 0 Å². The number of likely N-dealkylation sites (tertiary alicyclic amines) is 1. The lowest BCUT2D eigenvalue weighted by atomic mass is 10.1. The molecular weight excluding hydrogens is 352 g/mol. The maximum absolute atomic E-state index is 12.7. The van der Waals surface area contributed by atoms with Gasteiger partial charge in [-0.15, -0.1) is 4.73 Å². The van der Waals surface area contributed by atoms with E-state index in [1.165, 1.54) is 17.0 Å². The summed E-state index contributed by atoms with van der Waals surface area (Å²) in [5, 5.41) is 21.6. The molecule has 0 saturated carbocycles. The predicted molar refractivity (Wildman–Crippen MR) is 95.7 cm³/mol. The van der Waals surface area contributed by atoms with E-state index >= 15 is 0 Å². The van der Waals surface area contributed by atoms with Crippen molar-refractivity contribution in [2.75, 3.05) is 6.54 Å². The van der Waals surface area contributed by atoms with E-state index in [0.29, 0.717) is 24.1 Å². The predicted octanol–water partition coefficient (Wildman–Crippen LogP) is 0.556. The molecule has 0 radical (unpaired) electrons. The van der Waals surface area contributed by atoms with Crippen LogP contribution in [0.4, 0.5) is 4.79 Å². The fourth-order valence-electron chi connectivity index (χ4n) is 3.09. The molecule has 9 nitrogen and oxygen atoms in total. The van der Waals surface area contributed by atoms with Crippen molar-refractivity contribution < 1.29 is 24.6 Å². The van der Waals surface area contributed by atoms with Crippen LogP contribution in [0.5, 0.6) is 11.8 Å². The van der Waals surface area contributed by atoms with Gasteiger partial charge >= 0.3 is 6.09 Å². The summed E-state index contributed by atoms with van der Waals surface area (Å²) in [6.07, 6.45) is 0.209. The molecule has 0 bridgehead atoms. The van der Waals surface area contributed by atoms with Gasteiger partial charge in [0.2, 0.25) is 17.7 Å². The summed E-state index contributed by atoms with van der Waals surface area (Å²) in [6, 6.07) is 11.1. The van der Waals surface area contributed by atoms with Gasteiger partial charge < -0.3 is 25.7 Å². The van der Waals surface area contributed by atoms with Crippen LogP contribution < -0.4 is 15.9 Å². The lowest BCUT2D eigenvalue weighted by molar-refractivity contribution is -0.133. The van der Waals surface area contributed by atoms with Gasteiger partial charge in [0, 0.05) is 18.7 Å². The summed E-state index contributed by atoms with van der Waals surface area (Å²) >= 11 is 0. The van der Waals surface area contributed by atoms with Crippen LogP contribution >= 0.6 is 0 Å². The minimum atomic E-state index is -0.905. The van der Waals surface area contributed by atoms with Gasteiger partial charge in [0.15, 0.2) is 0 Å². The van der Waals surface area contributed by atoms with Crippen LogP contribution in [0.3, 0.4) is 0 Å². The Balaban J connectivity index is 1.59. The normalized spacial score (nSPS) is 17.5. The third kappa shape index (κ3) is 4.32. The Morgan fingerprint density at radius 3 is 2.52 bits per heavy atom. The molecule has 0 aliphatic carbocycles. The maximum atomic E-state index is 12.7. The maximum Gasteiger partial charge on any atom is 0.433 e. The number of aromatic nitrogens is 1. The molecule has 1 aromatic heterocycles. The molecule has 2 heterocycles. The molecule has 9 heteroatoms. The number of nitrogens with zero attached hydrogens (tertiary/aromatic N) is 2. The van der Waals surface area contributed by atoms with Crippen molar-refractivity contribution in [3.63, 3.8) is 0 Å². The smallest absolute Gasteiger partial charge is 0.433 e. The van der Waals surface area contributed by atoms with E-state index in [4.69, 9.17) is 10.6 Å². The Labute approximate surface area is 155 Å². The second-order valence-electron chi connectivity index (χ2n) is 6.35. The molecule has 1 aromatic carbocycles. The lowest BCUT2D eigenvalue weighted by Crippen LogP contribution is -2.53. The largest absolute Gasteiger partial charge is 0.492 e. The molecule has 1 saturated heterocycles. The first-order valence-corrected chi connectivity index (χ1v) is 8.64. The second-order valence-corrected chi connectivity index (χ2v) is 6.35. The molecule has 5 N–H and O–H groups in total. The molecule has 1 fully saturated rings. The van der Waals surface area contributed by atoms with Crippen molar-refractivity contribution in [2.45, 2.75) is 31.5 Å². The number of benzene rings is 1. The Kier molecular flexibility index (Phi) is 5.51. The van der Waals surface area contributed by atoms with Crippen LogP contribution in [-0.4, -0.2) is 50.6 Å². The zero-order chi connectivity index (χ0) is 19.4. The summed E-state index contributed by atoms with van der Waals surface area (Å²) in [6.45, 7) is 0.478. The number of nitrogens with two attached hydrogens (primary N) is 1. The van der Waals surface area contributed by atoms with E-state index < -0.39 is 30.1 Å². The fraction of sp³-hybridized carbons (Fsp3) is 0.333. The van der Waals surface area contributed by atoms with E-state index in [-0.39, 0.29) is 5.91 Å². The Morgan fingerprint density at radius 2 is 1.85 bits per heavy atom. The van der Waals surface area contributed by atoms with Crippen LogP contribution in [0.1, 0.15) is 18.4 Å². The lowest BCUT2D eigenvalue weighted by Gasteiger charge is -2.27. The van der Waals surface area contributed by atoms with Gasteiger partial charge in [-0.05, 0) is 24.8 Å². The molecule has 2 atom stereocenters. The van der Waals surface area contributed by atoms with Gasteiger partial charge in [-0.25, -0.2) is 4.79 Å². The molecule has 1 aliphatic rings. The molecule has 27 heavy (non-hydrogen) atoms. The van der Waals surface area contributed by atoms with E-state index in [1.807, 2.05) is 30.3 Å². The quantitative estimate of drug-likeness (QED) is 0.605. The summed E-state index contributed by atoms with van der Waals surface area (Å²) in [4.78, 5) is 31.1. The Hall–Kier alpha value is -3.20. The average molecular weight is 374 g/mol. The number of carbonyl (C=O) groups is 2. The molecule has 144 valence electrons. The number of rotatable bonds is 5. The number of carbonyl (C=O) groups excluding carboxylic acids is 2. The van der Waals surface area contributed by atoms with Crippen molar-refractivity contribution >= 4 is 12.0 Å². The number of aromatic hydroxyl groups is 2. The van der Waals surface area contributed by atoms with Crippen LogP contribution in [0, 0.1) is 0 Å². The SMILES string of the molecule is N[C@H](Cc1ccccc1)C(=O)N1CCCC1NC(=O)On1c(O)ccc1O. The minimum Gasteiger partial charge on any atom is -0.492 e. The third-order valence-corrected chi connectivity index (χ3v) is 4.41. The number of hydrogen-bond donors (Lipinski definition) is 4. The highest BCUT2D eigenvalue weighted by atomic mass is 16.7. The van der Waals surface area contributed by atoms with Crippen molar-refractivity contribution in [3.8, 4) is 11.8 Å². The third-order valence-electron chi connectivity index (χ3n) is 4.41. The van der Waals surface area contributed by atoms with E-state index in [9.17, 15) is 19.8 Å². The molecule has 3 rings (SSSR count). The number of nitrogens with one attached hydrogen (secondary N) is 1. The topological polar surface area (TPSA) is 130 Å². The minimum absolute atomic E-state index is 0.256. The molecule has 1 unspecified atom stereocenters. The van der Waals surface area contributed by atoms with E-state index in [0.717, 1.165) is 12.0 Å². The zero-order valence-electron chi connectivity index (χ0n) is 14.6. The van der Waals surface area contributed by atoms with Crippen molar-refractivity contribution in [2.24, 2.45) is 5.73 Å². The van der Waals surface area contributed by atoms with Crippen molar-refractivity contribution in [1.82, 2.24) is 14.9 Å². The van der Waals surface area contributed by atoms with E-state index in [2.05, 4.69) is 5.32 Å². The highest BCUT2D eigenvalue weighted by Crippen LogP contribution is 2.20. The first-order chi connectivity index (χ1) is 13.0. The van der Waals surface area contributed by atoms with E-state index in [1.54, 1.807) is 0 Å². The van der Waals surface area contributed by atoms with Gasteiger partial charge in [0.25, 0.3) is 0 Å². The van der Waals surface area contributed by atoms with Gasteiger partial charge in [-0.3, -0.25) is 10.1 Å². The first kappa shape index (κ1) is 18.6. The van der Waals surface area contributed by atoms with Crippen LogP contribution in [0.2, 0.25) is 0 Å². The standard InChI is InChI=1S/C18H22N4O5/c19-13(11-12-5-2-1-3-6-12)17(25)21-10-4-7-14(21)20-18(26)27-22-15(23)8-9-16(22)24/h1-3,5-6,8-9,13-14,23-24H,4,7,10-11,19H2,(H,20,26)/t13-,14?/m1/s1. The summed E-state index contributed by atoms with van der Waals surface area (Å²) in [5.41, 5.74) is 7.02. The first-order valence-electron chi connectivity index (χ1n) is 8.64. The van der Waals surface area contributed by atoms with Crippen LogP contribution in [0.15, 0.2) is 42.5 Å². The Bertz CT molecular complexity index is 788.